The second-order valence-corrected chi connectivity index (χ2v) is 7.10. The molecule has 2 aromatic rings. The van der Waals surface area contributed by atoms with Crippen molar-refractivity contribution in [2.75, 3.05) is 4.72 Å². The molecule has 3 rings (SSSR count). The summed E-state index contributed by atoms with van der Waals surface area (Å²) in [5.74, 6) is -1.14. The molecule has 1 aliphatic heterocycles. The Morgan fingerprint density at radius 2 is 1.74 bits per heavy atom. The van der Waals surface area contributed by atoms with E-state index in [4.69, 9.17) is 11.6 Å². The molecule has 6 nitrogen and oxygen atoms in total. The third-order valence-electron chi connectivity index (χ3n) is 3.53. The molecule has 1 aliphatic rings. The first-order chi connectivity index (χ1) is 10.8. The molecule has 2 aromatic carbocycles. The minimum atomic E-state index is -3.92. The van der Waals surface area contributed by atoms with Crippen molar-refractivity contribution in [3.05, 3.63) is 58.1 Å². The molecule has 118 valence electrons. The van der Waals surface area contributed by atoms with Gasteiger partial charge in [0, 0.05) is 5.02 Å². The van der Waals surface area contributed by atoms with Crippen LogP contribution in [0.25, 0.3) is 0 Å². The standard InChI is InChI=1S/C15H11ClN2O4S/c1-8-12(16)3-2-4-13(8)18-23(21,22)9-5-6-10-11(7-9)15(20)17-14(10)19/h2-7,18H,1H3,(H,17,19,20). The van der Waals surface area contributed by atoms with E-state index in [9.17, 15) is 18.0 Å². The summed E-state index contributed by atoms with van der Waals surface area (Å²) in [7, 11) is -3.92. The molecule has 0 fully saturated rings. The molecule has 0 aliphatic carbocycles. The van der Waals surface area contributed by atoms with Crippen LogP contribution >= 0.6 is 11.6 Å². The zero-order valence-electron chi connectivity index (χ0n) is 11.9. The summed E-state index contributed by atoms with van der Waals surface area (Å²) in [5.41, 5.74) is 1.14. The molecule has 8 heteroatoms. The monoisotopic (exact) mass is 350 g/mol. The van der Waals surface area contributed by atoms with Gasteiger partial charge in [0.15, 0.2) is 0 Å². The first-order valence-corrected chi connectivity index (χ1v) is 8.43. The molecule has 2 amide bonds. The van der Waals surface area contributed by atoms with Gasteiger partial charge >= 0.3 is 0 Å². The molecule has 0 atom stereocenters. The quantitative estimate of drug-likeness (QED) is 0.831. The minimum Gasteiger partial charge on any atom is -0.288 e. The maximum Gasteiger partial charge on any atom is 0.261 e. The lowest BCUT2D eigenvalue weighted by molar-refractivity contribution is 0.0879. The third-order valence-corrected chi connectivity index (χ3v) is 5.30. The van der Waals surface area contributed by atoms with Crippen molar-refractivity contribution >= 4 is 39.1 Å². The number of carbonyl (C=O) groups is 2. The fraction of sp³-hybridized carbons (Fsp3) is 0.0667. The summed E-state index contributed by atoms with van der Waals surface area (Å²) < 4.78 is 27.4. The largest absolute Gasteiger partial charge is 0.288 e. The summed E-state index contributed by atoms with van der Waals surface area (Å²) in [6.45, 7) is 1.69. The van der Waals surface area contributed by atoms with Gasteiger partial charge in [0.1, 0.15) is 0 Å². The summed E-state index contributed by atoms with van der Waals surface area (Å²) in [5, 5.41) is 2.55. The van der Waals surface area contributed by atoms with Gasteiger partial charge in [-0.3, -0.25) is 19.6 Å². The molecular weight excluding hydrogens is 340 g/mol. The van der Waals surface area contributed by atoms with E-state index in [0.29, 0.717) is 16.3 Å². The highest BCUT2D eigenvalue weighted by molar-refractivity contribution is 7.92. The topological polar surface area (TPSA) is 92.3 Å². The summed E-state index contributed by atoms with van der Waals surface area (Å²) in [6.07, 6.45) is 0. The van der Waals surface area contributed by atoms with Crippen LogP contribution in [0, 0.1) is 6.92 Å². The smallest absolute Gasteiger partial charge is 0.261 e. The predicted molar refractivity (Wildman–Crippen MR) is 85.2 cm³/mol. The Morgan fingerprint density at radius 3 is 2.48 bits per heavy atom. The van der Waals surface area contributed by atoms with E-state index in [-0.39, 0.29) is 16.0 Å². The lowest BCUT2D eigenvalue weighted by Gasteiger charge is -2.11. The van der Waals surface area contributed by atoms with Gasteiger partial charge in [0.2, 0.25) is 0 Å². The number of carbonyl (C=O) groups excluding carboxylic acids is 2. The molecule has 0 saturated carbocycles. The van der Waals surface area contributed by atoms with E-state index >= 15 is 0 Å². The van der Waals surface area contributed by atoms with Gasteiger partial charge in [-0.15, -0.1) is 0 Å². The summed E-state index contributed by atoms with van der Waals surface area (Å²) >= 11 is 5.98. The number of hydrogen-bond donors (Lipinski definition) is 2. The molecule has 0 aromatic heterocycles. The first-order valence-electron chi connectivity index (χ1n) is 6.57. The van der Waals surface area contributed by atoms with Crippen molar-refractivity contribution < 1.29 is 18.0 Å². The van der Waals surface area contributed by atoms with E-state index in [1.54, 1.807) is 25.1 Å². The van der Waals surface area contributed by atoms with Crippen LogP contribution < -0.4 is 10.0 Å². The van der Waals surface area contributed by atoms with Crippen LogP contribution in [0.2, 0.25) is 5.02 Å². The van der Waals surface area contributed by atoms with E-state index in [2.05, 4.69) is 10.0 Å². The lowest BCUT2D eigenvalue weighted by Crippen LogP contribution is -2.20. The van der Waals surface area contributed by atoms with E-state index in [0.717, 1.165) is 0 Å². The van der Waals surface area contributed by atoms with Gasteiger partial charge in [0.25, 0.3) is 21.8 Å². The van der Waals surface area contributed by atoms with Crippen molar-refractivity contribution in [2.45, 2.75) is 11.8 Å². The Kier molecular flexibility index (Phi) is 3.62. The molecule has 0 spiro atoms. The highest BCUT2D eigenvalue weighted by Crippen LogP contribution is 2.26. The second-order valence-electron chi connectivity index (χ2n) is 5.01. The van der Waals surface area contributed by atoms with Crippen molar-refractivity contribution in [1.82, 2.24) is 5.32 Å². The third kappa shape index (κ3) is 2.69. The van der Waals surface area contributed by atoms with Crippen molar-refractivity contribution in [3.63, 3.8) is 0 Å². The number of rotatable bonds is 3. The maximum atomic E-state index is 12.5. The van der Waals surface area contributed by atoms with Gasteiger partial charge in [-0.2, -0.15) is 0 Å². The van der Waals surface area contributed by atoms with Crippen molar-refractivity contribution in [3.8, 4) is 0 Å². The van der Waals surface area contributed by atoms with Crippen LogP contribution in [0.3, 0.4) is 0 Å². The highest BCUT2D eigenvalue weighted by Gasteiger charge is 2.28. The Morgan fingerprint density at radius 1 is 1.04 bits per heavy atom. The average Bonchev–Trinajstić information content (AvgIpc) is 2.78. The fourth-order valence-corrected chi connectivity index (χ4v) is 3.56. The summed E-state index contributed by atoms with van der Waals surface area (Å²) in [4.78, 5) is 23.0. The van der Waals surface area contributed by atoms with Gasteiger partial charge in [-0.05, 0) is 42.8 Å². The van der Waals surface area contributed by atoms with Gasteiger partial charge < -0.3 is 0 Å². The van der Waals surface area contributed by atoms with Gasteiger partial charge in [0.05, 0.1) is 21.7 Å². The Labute approximate surface area is 137 Å². The summed E-state index contributed by atoms with van der Waals surface area (Å²) in [6, 6.07) is 8.64. The maximum absolute atomic E-state index is 12.5. The average molecular weight is 351 g/mol. The SMILES string of the molecule is Cc1c(Cl)cccc1NS(=O)(=O)c1ccc2c(c1)C(=O)NC2=O. The Bertz CT molecular complexity index is 954. The number of sulfonamides is 1. The number of anilines is 1. The van der Waals surface area contributed by atoms with Gasteiger partial charge in [-0.1, -0.05) is 17.7 Å². The van der Waals surface area contributed by atoms with E-state index in [1.165, 1.54) is 18.2 Å². The number of benzene rings is 2. The number of halogens is 1. The molecular formula is C15H11ClN2O4S. The number of hydrogen-bond acceptors (Lipinski definition) is 4. The first kappa shape index (κ1) is 15.5. The predicted octanol–water partition coefficient (Wildman–Crippen LogP) is 2.33. The molecule has 0 bridgehead atoms. The zero-order chi connectivity index (χ0) is 16.8. The van der Waals surface area contributed by atoms with Crippen LogP contribution in [0.1, 0.15) is 26.3 Å². The lowest BCUT2D eigenvalue weighted by atomic mass is 10.1. The van der Waals surface area contributed by atoms with Crippen LogP contribution in [0.5, 0.6) is 0 Å². The van der Waals surface area contributed by atoms with Crippen LogP contribution in [-0.4, -0.2) is 20.2 Å². The molecule has 0 saturated heterocycles. The molecule has 0 radical (unpaired) electrons. The van der Waals surface area contributed by atoms with Crippen LogP contribution in [0.4, 0.5) is 5.69 Å². The number of imide groups is 1. The fourth-order valence-electron chi connectivity index (χ4n) is 2.24. The highest BCUT2D eigenvalue weighted by atomic mass is 35.5. The van der Waals surface area contributed by atoms with Crippen molar-refractivity contribution in [2.24, 2.45) is 0 Å². The normalized spacial score (nSPS) is 13.7. The number of fused-ring (bicyclic) bond motifs is 1. The Hall–Kier alpha value is -2.38. The molecule has 0 unspecified atom stereocenters. The van der Waals surface area contributed by atoms with Gasteiger partial charge in [-0.25, -0.2) is 8.42 Å². The Balaban J connectivity index is 2.01. The molecule has 23 heavy (non-hydrogen) atoms. The molecule has 2 N–H and O–H groups in total. The van der Waals surface area contributed by atoms with Crippen molar-refractivity contribution in [1.29, 1.82) is 0 Å². The zero-order valence-corrected chi connectivity index (χ0v) is 13.5. The van der Waals surface area contributed by atoms with Crippen LogP contribution in [-0.2, 0) is 10.0 Å². The minimum absolute atomic E-state index is 0.0423. The molecule has 1 heterocycles. The number of amides is 2. The van der Waals surface area contributed by atoms with E-state index < -0.39 is 21.8 Å². The van der Waals surface area contributed by atoms with E-state index in [1.807, 2.05) is 0 Å². The van der Waals surface area contributed by atoms with Crippen LogP contribution in [0.15, 0.2) is 41.3 Å². The number of nitrogens with one attached hydrogen (secondary N) is 2. The second kappa shape index (κ2) is 5.36.